The molecule has 0 amide bonds. The molecule has 20 heavy (non-hydrogen) atoms. The van der Waals surface area contributed by atoms with E-state index in [0.29, 0.717) is 6.04 Å². The van der Waals surface area contributed by atoms with Gasteiger partial charge < -0.3 is 5.32 Å². The number of hydrogen-bond donors (Lipinski definition) is 1. The summed E-state index contributed by atoms with van der Waals surface area (Å²) in [4.78, 5) is 1.37. The lowest BCUT2D eigenvalue weighted by Gasteiger charge is -2.20. The Hall–Kier alpha value is -1.26. The molecular formula is C16H23N3S. The van der Waals surface area contributed by atoms with Gasteiger partial charge in [0.2, 0.25) is 0 Å². The molecule has 0 aliphatic heterocycles. The molecule has 1 atom stereocenters. The van der Waals surface area contributed by atoms with E-state index >= 15 is 0 Å². The van der Waals surface area contributed by atoms with Crippen LogP contribution >= 0.6 is 11.8 Å². The molecule has 1 N–H and O–H groups in total. The Morgan fingerprint density at radius 2 is 2.15 bits per heavy atom. The third-order valence-corrected chi connectivity index (χ3v) is 4.26. The third-order valence-electron chi connectivity index (χ3n) is 3.44. The number of benzene rings is 1. The summed E-state index contributed by atoms with van der Waals surface area (Å²) in [5.41, 5.74) is 2.71. The van der Waals surface area contributed by atoms with Gasteiger partial charge in [-0.2, -0.15) is 5.10 Å². The van der Waals surface area contributed by atoms with Crippen LogP contribution in [0.5, 0.6) is 0 Å². The van der Waals surface area contributed by atoms with E-state index in [1.54, 1.807) is 0 Å². The average molecular weight is 289 g/mol. The summed E-state index contributed by atoms with van der Waals surface area (Å²) in [5.74, 6) is 0. The minimum Gasteiger partial charge on any atom is -0.310 e. The summed E-state index contributed by atoms with van der Waals surface area (Å²) in [6.07, 6.45) is 8.35. The first kappa shape index (κ1) is 15.1. The van der Waals surface area contributed by atoms with Gasteiger partial charge in [-0.15, -0.1) is 11.8 Å². The van der Waals surface area contributed by atoms with Crippen LogP contribution < -0.4 is 5.32 Å². The van der Waals surface area contributed by atoms with Gasteiger partial charge in [0, 0.05) is 24.2 Å². The number of thioether (sulfide) groups is 1. The van der Waals surface area contributed by atoms with Crippen LogP contribution in [0, 0.1) is 0 Å². The fourth-order valence-corrected chi connectivity index (χ4v) is 3.14. The summed E-state index contributed by atoms with van der Waals surface area (Å²) < 4.78 is 1.87. The summed E-state index contributed by atoms with van der Waals surface area (Å²) in [5, 5.41) is 7.85. The Balaban J connectivity index is 2.10. The lowest BCUT2D eigenvalue weighted by Crippen LogP contribution is -2.22. The fraction of sp³-hybridized carbons (Fsp3) is 0.438. The van der Waals surface area contributed by atoms with Crippen molar-refractivity contribution in [1.82, 2.24) is 15.1 Å². The molecule has 2 aromatic rings. The molecule has 0 radical (unpaired) electrons. The van der Waals surface area contributed by atoms with Crippen molar-refractivity contribution in [2.24, 2.45) is 7.05 Å². The van der Waals surface area contributed by atoms with Crippen molar-refractivity contribution in [2.45, 2.75) is 30.7 Å². The molecule has 0 bridgehead atoms. The number of nitrogens with zero attached hydrogens (tertiary/aromatic N) is 2. The van der Waals surface area contributed by atoms with Gasteiger partial charge in [-0.1, -0.05) is 25.1 Å². The molecular weight excluding hydrogens is 266 g/mol. The van der Waals surface area contributed by atoms with Gasteiger partial charge in [-0.05, 0) is 42.8 Å². The first-order chi connectivity index (χ1) is 9.74. The van der Waals surface area contributed by atoms with Gasteiger partial charge in [0.25, 0.3) is 0 Å². The van der Waals surface area contributed by atoms with Gasteiger partial charge in [0.05, 0.1) is 6.20 Å². The highest BCUT2D eigenvalue weighted by Crippen LogP contribution is 2.28. The number of hydrogen-bond acceptors (Lipinski definition) is 3. The van der Waals surface area contributed by atoms with Crippen molar-refractivity contribution in [3.8, 4) is 0 Å². The quantitative estimate of drug-likeness (QED) is 0.792. The van der Waals surface area contributed by atoms with Crippen molar-refractivity contribution in [3.05, 3.63) is 47.8 Å². The smallest absolute Gasteiger partial charge is 0.0521 e. The maximum atomic E-state index is 4.24. The van der Waals surface area contributed by atoms with E-state index in [1.165, 1.54) is 16.0 Å². The number of aryl methyl sites for hydroxylation is 2. The summed E-state index contributed by atoms with van der Waals surface area (Å²) >= 11 is 1.82. The molecule has 0 fully saturated rings. The standard InChI is InChI=1S/C16H23N3S/c1-4-17-15(10-9-13-11-18-19(2)12-13)14-7-5-6-8-16(14)20-3/h5-8,11-12,15,17H,4,9-10H2,1-3H3. The molecule has 0 saturated carbocycles. The molecule has 1 unspecified atom stereocenters. The van der Waals surface area contributed by atoms with Crippen molar-refractivity contribution < 1.29 is 0 Å². The van der Waals surface area contributed by atoms with Gasteiger partial charge in [0.15, 0.2) is 0 Å². The number of aromatic nitrogens is 2. The van der Waals surface area contributed by atoms with Crippen LogP contribution in [-0.2, 0) is 13.5 Å². The summed E-state index contributed by atoms with van der Waals surface area (Å²) in [6.45, 7) is 3.15. The van der Waals surface area contributed by atoms with Crippen LogP contribution in [0.4, 0.5) is 0 Å². The lowest BCUT2D eigenvalue weighted by molar-refractivity contribution is 0.509. The van der Waals surface area contributed by atoms with Crippen molar-refractivity contribution in [3.63, 3.8) is 0 Å². The largest absolute Gasteiger partial charge is 0.310 e. The first-order valence-corrected chi connectivity index (χ1v) is 8.31. The third kappa shape index (κ3) is 3.87. The van der Waals surface area contributed by atoms with Gasteiger partial charge >= 0.3 is 0 Å². The number of rotatable bonds is 7. The van der Waals surface area contributed by atoms with Crippen molar-refractivity contribution in [2.75, 3.05) is 12.8 Å². The normalized spacial score (nSPS) is 12.6. The van der Waals surface area contributed by atoms with E-state index in [4.69, 9.17) is 0 Å². The van der Waals surface area contributed by atoms with Crippen LogP contribution in [-0.4, -0.2) is 22.6 Å². The van der Waals surface area contributed by atoms with Crippen LogP contribution in [0.15, 0.2) is 41.6 Å². The first-order valence-electron chi connectivity index (χ1n) is 7.08. The maximum Gasteiger partial charge on any atom is 0.0521 e. The second-order valence-electron chi connectivity index (χ2n) is 4.91. The molecule has 1 aromatic heterocycles. The molecule has 108 valence electrons. The highest BCUT2D eigenvalue weighted by atomic mass is 32.2. The molecule has 3 nitrogen and oxygen atoms in total. The predicted octanol–water partition coefficient (Wildman–Crippen LogP) is 3.43. The molecule has 0 spiro atoms. The van der Waals surface area contributed by atoms with E-state index in [2.05, 4.69) is 54.1 Å². The predicted molar refractivity (Wildman–Crippen MR) is 86.2 cm³/mol. The monoisotopic (exact) mass is 289 g/mol. The highest BCUT2D eigenvalue weighted by molar-refractivity contribution is 7.98. The highest BCUT2D eigenvalue weighted by Gasteiger charge is 2.14. The minimum absolute atomic E-state index is 0.406. The Kier molecular flexibility index (Phi) is 5.68. The molecule has 4 heteroatoms. The van der Waals surface area contributed by atoms with Crippen molar-refractivity contribution >= 4 is 11.8 Å². The zero-order valence-corrected chi connectivity index (χ0v) is 13.3. The average Bonchev–Trinajstić information content (AvgIpc) is 2.89. The molecule has 1 aromatic carbocycles. The molecule has 0 saturated heterocycles. The van der Waals surface area contributed by atoms with E-state index in [0.717, 1.165) is 19.4 Å². The second kappa shape index (κ2) is 7.50. The lowest BCUT2D eigenvalue weighted by atomic mass is 10.00. The molecule has 1 heterocycles. The summed E-state index contributed by atoms with van der Waals surface area (Å²) in [6, 6.07) is 9.09. The molecule has 0 aliphatic rings. The Morgan fingerprint density at radius 1 is 1.35 bits per heavy atom. The molecule has 0 aliphatic carbocycles. The van der Waals surface area contributed by atoms with E-state index < -0.39 is 0 Å². The maximum absolute atomic E-state index is 4.24. The SMILES string of the molecule is CCNC(CCc1cnn(C)c1)c1ccccc1SC. The van der Waals surface area contributed by atoms with Crippen LogP contribution in [0.2, 0.25) is 0 Å². The molecule has 2 rings (SSSR count). The number of nitrogens with one attached hydrogen (secondary N) is 1. The minimum atomic E-state index is 0.406. The van der Waals surface area contributed by atoms with Gasteiger partial charge in [-0.25, -0.2) is 0 Å². The van der Waals surface area contributed by atoms with Gasteiger partial charge in [0.1, 0.15) is 0 Å². The Labute approximate surface area is 125 Å². The second-order valence-corrected chi connectivity index (χ2v) is 5.76. The zero-order valence-electron chi connectivity index (χ0n) is 12.5. The zero-order chi connectivity index (χ0) is 14.4. The Morgan fingerprint density at radius 3 is 2.80 bits per heavy atom. The van der Waals surface area contributed by atoms with Gasteiger partial charge in [-0.3, -0.25) is 4.68 Å². The Bertz CT molecular complexity index is 536. The van der Waals surface area contributed by atoms with Crippen LogP contribution in [0.25, 0.3) is 0 Å². The fourth-order valence-electron chi connectivity index (χ4n) is 2.48. The van der Waals surface area contributed by atoms with Crippen LogP contribution in [0.3, 0.4) is 0 Å². The van der Waals surface area contributed by atoms with E-state index in [9.17, 15) is 0 Å². The van der Waals surface area contributed by atoms with E-state index in [1.807, 2.05) is 29.7 Å². The van der Waals surface area contributed by atoms with E-state index in [-0.39, 0.29) is 0 Å². The van der Waals surface area contributed by atoms with Crippen molar-refractivity contribution in [1.29, 1.82) is 0 Å². The summed E-state index contributed by atoms with van der Waals surface area (Å²) in [7, 11) is 1.97. The topological polar surface area (TPSA) is 29.9 Å². The van der Waals surface area contributed by atoms with Crippen LogP contribution in [0.1, 0.15) is 30.5 Å².